The molecule has 42 heavy (non-hydrogen) atoms. The molecular formula is C28H32N6O8. The first kappa shape index (κ1) is 31.3. The highest BCUT2D eigenvalue weighted by atomic mass is 16.4. The number of aliphatic carboxylic acids is 2. The summed E-state index contributed by atoms with van der Waals surface area (Å²) in [5, 5.41) is 26.9. The number of hydrogen-bond acceptors (Lipinski definition) is 7. The second-order valence-electron chi connectivity index (χ2n) is 9.65. The lowest BCUT2D eigenvalue weighted by Gasteiger charge is -2.24. The van der Waals surface area contributed by atoms with Gasteiger partial charge in [0.2, 0.25) is 23.6 Å². The molecule has 0 aliphatic carbocycles. The minimum Gasteiger partial charge on any atom is -0.481 e. The third kappa shape index (κ3) is 8.89. The van der Waals surface area contributed by atoms with Crippen molar-refractivity contribution in [3.63, 3.8) is 0 Å². The molecule has 0 bridgehead atoms. The van der Waals surface area contributed by atoms with Gasteiger partial charge in [-0.2, -0.15) is 0 Å². The van der Waals surface area contributed by atoms with E-state index in [-0.39, 0.29) is 12.8 Å². The number of carbonyl (C=O) groups excluding carboxylic acids is 4. The van der Waals surface area contributed by atoms with Gasteiger partial charge >= 0.3 is 11.9 Å². The van der Waals surface area contributed by atoms with Gasteiger partial charge in [-0.05, 0) is 17.2 Å². The summed E-state index contributed by atoms with van der Waals surface area (Å²) in [7, 11) is 0. The molecule has 0 saturated heterocycles. The summed E-state index contributed by atoms with van der Waals surface area (Å²) in [6.07, 6.45) is 0.0765. The van der Waals surface area contributed by atoms with E-state index in [0.29, 0.717) is 11.1 Å². The molecular weight excluding hydrogens is 548 g/mol. The van der Waals surface area contributed by atoms with E-state index < -0.39 is 72.6 Å². The summed E-state index contributed by atoms with van der Waals surface area (Å²) < 4.78 is 0. The second kappa shape index (κ2) is 14.4. The van der Waals surface area contributed by atoms with Crippen molar-refractivity contribution in [1.29, 1.82) is 0 Å². The standard InChI is InChI=1S/C28H32N6O8/c29-18(12-23(30)35)25(38)32-20(11-16-14-31-19-9-5-4-8-17(16)19)26(39)33-21(13-24(36)37)27(40)34-22(28(41)42)10-15-6-2-1-3-7-15/h1-9,14,18,20-22,31H,10-13,29H2,(H2,30,35)(H,32,38)(H,33,39)(H,34,40)(H,36,37)(H,41,42). The molecule has 4 atom stereocenters. The molecule has 1 heterocycles. The molecule has 0 aliphatic heterocycles. The predicted molar refractivity (Wildman–Crippen MR) is 150 cm³/mol. The van der Waals surface area contributed by atoms with Crippen molar-refractivity contribution >= 4 is 46.5 Å². The normalized spacial score (nSPS) is 13.7. The SMILES string of the molecule is NC(=O)CC(N)C(=O)NC(Cc1c[nH]c2ccccc12)C(=O)NC(CC(=O)O)C(=O)NC(Cc1ccccc1)C(=O)O. The molecule has 0 fully saturated rings. The van der Waals surface area contributed by atoms with E-state index in [1.54, 1.807) is 60.8 Å². The molecule has 3 rings (SSSR count). The minimum absolute atomic E-state index is 0.0906. The molecule has 10 N–H and O–H groups in total. The van der Waals surface area contributed by atoms with E-state index in [2.05, 4.69) is 20.9 Å². The summed E-state index contributed by atoms with van der Waals surface area (Å²) in [5.41, 5.74) is 12.8. The fourth-order valence-electron chi connectivity index (χ4n) is 4.30. The first-order valence-electron chi connectivity index (χ1n) is 12.9. The lowest BCUT2D eigenvalue weighted by Crippen LogP contribution is -2.58. The molecule has 4 unspecified atom stereocenters. The van der Waals surface area contributed by atoms with Crippen molar-refractivity contribution in [3.05, 3.63) is 71.9 Å². The van der Waals surface area contributed by atoms with Crippen molar-refractivity contribution in [2.45, 2.75) is 49.9 Å². The number of aromatic amines is 1. The predicted octanol–water partition coefficient (Wildman–Crippen LogP) is -0.830. The van der Waals surface area contributed by atoms with Crippen molar-refractivity contribution in [3.8, 4) is 0 Å². The summed E-state index contributed by atoms with van der Waals surface area (Å²) in [5.74, 6) is -6.49. The first-order chi connectivity index (χ1) is 19.9. The van der Waals surface area contributed by atoms with Gasteiger partial charge in [0, 0.05) is 29.9 Å². The quantitative estimate of drug-likeness (QED) is 0.112. The van der Waals surface area contributed by atoms with Gasteiger partial charge in [-0.3, -0.25) is 24.0 Å². The lowest BCUT2D eigenvalue weighted by molar-refractivity contribution is -0.143. The second-order valence-corrected chi connectivity index (χ2v) is 9.65. The maximum atomic E-state index is 13.4. The Morgan fingerprint density at radius 2 is 1.33 bits per heavy atom. The molecule has 3 aromatic rings. The van der Waals surface area contributed by atoms with Crippen molar-refractivity contribution < 1.29 is 39.0 Å². The maximum Gasteiger partial charge on any atom is 0.326 e. The van der Waals surface area contributed by atoms with Crippen LogP contribution in [0.2, 0.25) is 0 Å². The number of para-hydroxylation sites is 1. The van der Waals surface area contributed by atoms with Crippen LogP contribution < -0.4 is 27.4 Å². The average molecular weight is 581 g/mol. The van der Waals surface area contributed by atoms with Gasteiger partial charge in [0.1, 0.15) is 18.1 Å². The molecule has 0 spiro atoms. The van der Waals surface area contributed by atoms with Crippen LogP contribution in [-0.2, 0) is 41.6 Å². The van der Waals surface area contributed by atoms with Crippen LogP contribution in [0.3, 0.4) is 0 Å². The number of hydrogen-bond donors (Lipinski definition) is 8. The van der Waals surface area contributed by atoms with E-state index in [9.17, 15) is 39.0 Å². The van der Waals surface area contributed by atoms with Gasteiger partial charge in [0.05, 0.1) is 18.9 Å². The number of fused-ring (bicyclic) bond motifs is 1. The van der Waals surface area contributed by atoms with Crippen LogP contribution in [0, 0.1) is 0 Å². The van der Waals surface area contributed by atoms with Gasteiger partial charge in [0.25, 0.3) is 0 Å². The largest absolute Gasteiger partial charge is 0.481 e. The van der Waals surface area contributed by atoms with Gasteiger partial charge in [0.15, 0.2) is 0 Å². The summed E-state index contributed by atoms with van der Waals surface area (Å²) >= 11 is 0. The van der Waals surface area contributed by atoms with E-state index in [1.165, 1.54) is 0 Å². The Kier molecular flexibility index (Phi) is 10.7. The Bertz CT molecular complexity index is 1460. The third-order valence-electron chi connectivity index (χ3n) is 6.40. The van der Waals surface area contributed by atoms with Crippen LogP contribution in [0.4, 0.5) is 0 Å². The highest BCUT2D eigenvalue weighted by Crippen LogP contribution is 2.19. The smallest absolute Gasteiger partial charge is 0.326 e. The Balaban J connectivity index is 1.83. The number of carboxylic acid groups (broad SMARTS) is 2. The molecule has 222 valence electrons. The summed E-state index contributed by atoms with van der Waals surface area (Å²) in [6, 6.07) is 9.80. The van der Waals surface area contributed by atoms with Crippen LogP contribution >= 0.6 is 0 Å². The third-order valence-corrected chi connectivity index (χ3v) is 6.40. The van der Waals surface area contributed by atoms with Crippen LogP contribution in [-0.4, -0.2) is 74.9 Å². The van der Waals surface area contributed by atoms with Crippen LogP contribution in [0.5, 0.6) is 0 Å². The minimum atomic E-state index is -1.69. The molecule has 2 aromatic carbocycles. The Morgan fingerprint density at radius 1 is 0.738 bits per heavy atom. The van der Waals surface area contributed by atoms with E-state index >= 15 is 0 Å². The highest BCUT2D eigenvalue weighted by Gasteiger charge is 2.32. The number of rotatable bonds is 15. The number of primary amides is 1. The average Bonchev–Trinajstić information content (AvgIpc) is 3.34. The number of amides is 4. The molecule has 0 radical (unpaired) electrons. The Labute approximate surface area is 239 Å². The fourth-order valence-corrected chi connectivity index (χ4v) is 4.30. The van der Waals surface area contributed by atoms with Crippen LogP contribution in [0.25, 0.3) is 10.9 Å². The summed E-state index contributed by atoms with van der Waals surface area (Å²) in [6.45, 7) is 0. The monoisotopic (exact) mass is 580 g/mol. The van der Waals surface area contributed by atoms with E-state index in [4.69, 9.17) is 11.5 Å². The topological polar surface area (TPSA) is 247 Å². The zero-order chi connectivity index (χ0) is 30.8. The first-order valence-corrected chi connectivity index (χ1v) is 12.9. The molecule has 0 saturated carbocycles. The zero-order valence-corrected chi connectivity index (χ0v) is 22.4. The number of benzene rings is 2. The lowest BCUT2D eigenvalue weighted by atomic mass is 10.0. The van der Waals surface area contributed by atoms with Crippen molar-refractivity contribution in [1.82, 2.24) is 20.9 Å². The van der Waals surface area contributed by atoms with Crippen LogP contribution in [0.15, 0.2) is 60.8 Å². The number of aromatic nitrogens is 1. The van der Waals surface area contributed by atoms with E-state index in [1.807, 2.05) is 0 Å². The molecule has 14 heteroatoms. The summed E-state index contributed by atoms with van der Waals surface area (Å²) in [4.78, 5) is 76.9. The van der Waals surface area contributed by atoms with Gasteiger partial charge < -0.3 is 42.6 Å². The molecule has 1 aromatic heterocycles. The highest BCUT2D eigenvalue weighted by molar-refractivity contribution is 5.96. The zero-order valence-electron chi connectivity index (χ0n) is 22.4. The number of H-pyrrole nitrogens is 1. The van der Waals surface area contributed by atoms with Crippen molar-refractivity contribution in [2.75, 3.05) is 0 Å². The molecule has 4 amide bonds. The number of nitrogens with one attached hydrogen (secondary N) is 4. The molecule has 14 nitrogen and oxygen atoms in total. The Morgan fingerprint density at radius 3 is 1.98 bits per heavy atom. The number of carbonyl (C=O) groups is 6. The fraction of sp³-hybridized carbons (Fsp3) is 0.286. The van der Waals surface area contributed by atoms with Gasteiger partial charge in [-0.1, -0.05) is 48.5 Å². The van der Waals surface area contributed by atoms with Gasteiger partial charge in [-0.15, -0.1) is 0 Å². The van der Waals surface area contributed by atoms with Crippen LogP contribution in [0.1, 0.15) is 24.0 Å². The number of nitrogens with two attached hydrogens (primary N) is 2. The molecule has 0 aliphatic rings. The Hall–Kier alpha value is -5.24. The van der Waals surface area contributed by atoms with E-state index in [0.717, 1.165) is 10.9 Å². The van der Waals surface area contributed by atoms with Crippen molar-refractivity contribution in [2.24, 2.45) is 11.5 Å². The van der Waals surface area contributed by atoms with Gasteiger partial charge in [-0.25, -0.2) is 4.79 Å². The number of carboxylic acids is 2. The maximum absolute atomic E-state index is 13.4.